The lowest BCUT2D eigenvalue weighted by molar-refractivity contribution is -0.387. The molecule has 0 aliphatic rings. The maximum Gasteiger partial charge on any atom is 0.305 e. The molecule has 1 aromatic carbocycles. The van der Waals surface area contributed by atoms with Crippen LogP contribution in [-0.4, -0.2) is 11.0 Å². The Morgan fingerprint density at radius 1 is 1.40 bits per heavy atom. The van der Waals surface area contributed by atoms with Crippen molar-refractivity contribution >= 4 is 5.69 Å². The van der Waals surface area contributed by atoms with Crippen molar-refractivity contribution in [3.8, 4) is 0 Å². The third kappa shape index (κ3) is 3.42. The minimum absolute atomic E-state index is 0.0693. The summed E-state index contributed by atoms with van der Waals surface area (Å²) in [7, 11) is 0. The van der Waals surface area contributed by atoms with Gasteiger partial charge in [0.1, 0.15) is 5.76 Å². The van der Waals surface area contributed by atoms with Crippen molar-refractivity contribution in [3.63, 3.8) is 0 Å². The average molecular weight is 278 g/mol. The molecule has 0 amide bonds. The Hall–Kier alpha value is -2.21. The van der Waals surface area contributed by atoms with E-state index in [0.717, 1.165) is 11.8 Å². The van der Waals surface area contributed by atoms with Gasteiger partial charge in [-0.25, -0.2) is 0 Å². The number of furan rings is 1. The zero-order valence-electron chi connectivity index (χ0n) is 11.0. The highest BCUT2D eigenvalue weighted by Crippen LogP contribution is 2.20. The Kier molecular flexibility index (Phi) is 4.47. The fourth-order valence-electron chi connectivity index (χ4n) is 1.93. The van der Waals surface area contributed by atoms with Gasteiger partial charge >= 0.3 is 5.69 Å². The average Bonchev–Trinajstić information content (AvgIpc) is 2.90. The molecule has 106 valence electrons. The summed E-state index contributed by atoms with van der Waals surface area (Å²) in [5.41, 5.74) is -0.214. The van der Waals surface area contributed by atoms with Crippen molar-refractivity contribution in [2.24, 2.45) is 0 Å². The summed E-state index contributed by atoms with van der Waals surface area (Å²) in [5.74, 6) is 0.0553. The van der Waals surface area contributed by atoms with E-state index >= 15 is 0 Å². The van der Waals surface area contributed by atoms with Crippen LogP contribution in [0.1, 0.15) is 18.2 Å². The summed E-state index contributed by atoms with van der Waals surface area (Å²) >= 11 is 0. The van der Waals surface area contributed by atoms with Gasteiger partial charge in [-0.05, 0) is 19.1 Å². The van der Waals surface area contributed by atoms with Crippen LogP contribution in [0.2, 0.25) is 0 Å². The number of nitro benzene ring substituents is 1. The van der Waals surface area contributed by atoms with Gasteiger partial charge in [0.25, 0.3) is 0 Å². The maximum absolute atomic E-state index is 13.9. The number of halogens is 1. The molecule has 0 spiro atoms. The molecular weight excluding hydrogens is 263 g/mol. The molecule has 0 fully saturated rings. The van der Waals surface area contributed by atoms with Crippen LogP contribution in [0.15, 0.2) is 41.0 Å². The van der Waals surface area contributed by atoms with E-state index in [-0.39, 0.29) is 18.2 Å². The molecule has 20 heavy (non-hydrogen) atoms. The van der Waals surface area contributed by atoms with E-state index in [1.54, 1.807) is 6.26 Å². The normalized spacial score (nSPS) is 12.3. The van der Waals surface area contributed by atoms with E-state index < -0.39 is 16.4 Å². The molecule has 0 aliphatic carbocycles. The third-order valence-electron chi connectivity index (χ3n) is 2.98. The molecule has 0 saturated heterocycles. The van der Waals surface area contributed by atoms with E-state index in [1.165, 1.54) is 12.1 Å². The molecule has 1 atom stereocenters. The number of nitrogens with one attached hydrogen (secondary N) is 1. The molecule has 0 radical (unpaired) electrons. The van der Waals surface area contributed by atoms with E-state index in [0.29, 0.717) is 6.42 Å². The molecule has 0 saturated carbocycles. The molecule has 1 aromatic heterocycles. The summed E-state index contributed by atoms with van der Waals surface area (Å²) < 4.78 is 19.1. The maximum atomic E-state index is 13.9. The quantitative estimate of drug-likeness (QED) is 0.651. The van der Waals surface area contributed by atoms with Crippen LogP contribution in [0, 0.1) is 15.9 Å². The van der Waals surface area contributed by atoms with Crippen LogP contribution < -0.4 is 5.32 Å². The number of benzene rings is 1. The fraction of sp³-hybridized carbons (Fsp3) is 0.286. The van der Waals surface area contributed by atoms with Gasteiger partial charge < -0.3 is 9.73 Å². The molecule has 6 heteroatoms. The van der Waals surface area contributed by atoms with Gasteiger partial charge in [-0.1, -0.05) is 12.1 Å². The number of hydrogen-bond acceptors (Lipinski definition) is 4. The third-order valence-corrected chi connectivity index (χ3v) is 2.98. The fourth-order valence-corrected chi connectivity index (χ4v) is 1.93. The minimum atomic E-state index is -0.782. The summed E-state index contributed by atoms with van der Waals surface area (Å²) in [4.78, 5) is 9.94. The Morgan fingerprint density at radius 3 is 2.85 bits per heavy atom. The molecule has 1 heterocycles. The first-order valence-electron chi connectivity index (χ1n) is 6.25. The zero-order valence-corrected chi connectivity index (χ0v) is 11.0. The highest BCUT2D eigenvalue weighted by Gasteiger charge is 2.17. The first-order valence-corrected chi connectivity index (χ1v) is 6.25. The smallest absolute Gasteiger partial charge is 0.305 e. The van der Waals surface area contributed by atoms with Crippen LogP contribution in [0.5, 0.6) is 0 Å². The largest absolute Gasteiger partial charge is 0.469 e. The second-order valence-electron chi connectivity index (χ2n) is 4.57. The summed E-state index contributed by atoms with van der Waals surface area (Å²) in [6, 6.07) is 7.92. The zero-order chi connectivity index (χ0) is 14.5. The van der Waals surface area contributed by atoms with Crippen LogP contribution >= 0.6 is 0 Å². The van der Waals surface area contributed by atoms with Crippen molar-refractivity contribution < 1.29 is 13.7 Å². The highest BCUT2D eigenvalue weighted by atomic mass is 19.1. The summed E-state index contributed by atoms with van der Waals surface area (Å²) in [5, 5.41) is 13.8. The van der Waals surface area contributed by atoms with Crippen molar-refractivity contribution in [1.29, 1.82) is 0 Å². The standard InChI is InChI=1S/C14H15FN2O3/c1-10(8-12-5-3-7-20-12)16-9-11-4-2-6-13(14(11)15)17(18)19/h2-7,10,16H,8-9H2,1H3. The second kappa shape index (κ2) is 6.29. The Bertz CT molecular complexity index is 584. The van der Waals surface area contributed by atoms with Crippen LogP contribution in [-0.2, 0) is 13.0 Å². The molecule has 1 unspecified atom stereocenters. The molecule has 0 bridgehead atoms. The second-order valence-corrected chi connectivity index (χ2v) is 4.57. The Morgan fingerprint density at radius 2 is 2.20 bits per heavy atom. The summed E-state index contributed by atoms with van der Waals surface area (Å²) in [6.07, 6.45) is 2.27. The monoisotopic (exact) mass is 278 g/mol. The number of rotatable bonds is 6. The van der Waals surface area contributed by atoms with Crippen molar-refractivity contribution in [2.75, 3.05) is 0 Å². The van der Waals surface area contributed by atoms with Gasteiger partial charge in [0.2, 0.25) is 5.82 Å². The first kappa shape index (κ1) is 14.2. The lowest BCUT2D eigenvalue weighted by Crippen LogP contribution is -2.27. The lowest BCUT2D eigenvalue weighted by atomic mass is 10.1. The topological polar surface area (TPSA) is 68.3 Å². The van der Waals surface area contributed by atoms with E-state index in [4.69, 9.17) is 4.42 Å². The van der Waals surface area contributed by atoms with Crippen LogP contribution in [0.3, 0.4) is 0 Å². The molecule has 2 rings (SSSR count). The van der Waals surface area contributed by atoms with Gasteiger partial charge in [-0.2, -0.15) is 4.39 Å². The highest BCUT2D eigenvalue weighted by molar-refractivity contribution is 5.36. The predicted octanol–water partition coefficient (Wildman–Crippen LogP) is 3.05. The van der Waals surface area contributed by atoms with E-state index in [2.05, 4.69) is 5.32 Å². The number of nitro groups is 1. The number of hydrogen-bond donors (Lipinski definition) is 1. The van der Waals surface area contributed by atoms with Gasteiger partial charge in [-0.15, -0.1) is 0 Å². The summed E-state index contributed by atoms with van der Waals surface area (Å²) in [6.45, 7) is 2.17. The molecule has 2 aromatic rings. The van der Waals surface area contributed by atoms with E-state index in [9.17, 15) is 14.5 Å². The van der Waals surface area contributed by atoms with Crippen LogP contribution in [0.4, 0.5) is 10.1 Å². The first-order chi connectivity index (χ1) is 9.58. The molecular formula is C14H15FN2O3. The number of nitrogens with zero attached hydrogens (tertiary/aromatic N) is 1. The van der Waals surface area contributed by atoms with Crippen molar-refractivity contribution in [3.05, 3.63) is 63.9 Å². The van der Waals surface area contributed by atoms with Crippen LogP contribution in [0.25, 0.3) is 0 Å². The van der Waals surface area contributed by atoms with Gasteiger partial charge in [-0.3, -0.25) is 10.1 Å². The minimum Gasteiger partial charge on any atom is -0.469 e. The van der Waals surface area contributed by atoms with Crippen molar-refractivity contribution in [1.82, 2.24) is 5.32 Å². The Balaban J connectivity index is 1.97. The Labute approximate surface area is 115 Å². The van der Waals surface area contributed by atoms with E-state index in [1.807, 2.05) is 19.1 Å². The molecule has 1 N–H and O–H groups in total. The molecule has 5 nitrogen and oxygen atoms in total. The molecule has 0 aliphatic heterocycles. The lowest BCUT2D eigenvalue weighted by Gasteiger charge is -2.12. The van der Waals surface area contributed by atoms with Gasteiger partial charge in [0.15, 0.2) is 0 Å². The SMILES string of the molecule is CC(Cc1ccco1)NCc1cccc([N+](=O)[O-])c1F. The predicted molar refractivity (Wildman–Crippen MR) is 71.8 cm³/mol. The van der Waals surface area contributed by atoms with Gasteiger partial charge in [0, 0.05) is 30.6 Å². The van der Waals surface area contributed by atoms with Gasteiger partial charge in [0.05, 0.1) is 11.2 Å². The van der Waals surface area contributed by atoms with Crippen molar-refractivity contribution in [2.45, 2.75) is 25.9 Å².